The number of aliphatic hydroxyl groups is 1. The van der Waals surface area contributed by atoms with E-state index in [1.807, 2.05) is 18.2 Å². The molecule has 2 N–H and O–H groups in total. The third-order valence-electron chi connectivity index (χ3n) is 1.51. The molecule has 1 aromatic heterocycles. The first kappa shape index (κ1) is 12.9. The number of rotatable bonds is 6. The molecule has 0 fully saturated rings. The maximum atomic E-state index is 11.1. The van der Waals surface area contributed by atoms with Crippen LogP contribution in [0.25, 0.3) is 0 Å². The summed E-state index contributed by atoms with van der Waals surface area (Å²) < 4.78 is 0. The highest BCUT2D eigenvalue weighted by molar-refractivity contribution is 8.76. The number of pyridine rings is 1. The molecule has 0 aliphatic heterocycles. The predicted molar refractivity (Wildman–Crippen MR) is 67.1 cm³/mol. The van der Waals surface area contributed by atoms with Gasteiger partial charge in [-0.1, -0.05) is 16.9 Å². The Bertz CT molecular complexity index is 344. The maximum Gasteiger partial charge on any atom is 0.224 e. The molecule has 0 aliphatic carbocycles. The maximum absolute atomic E-state index is 11.1. The average Bonchev–Trinajstić information content (AvgIpc) is 2.33. The molecule has 1 rings (SSSR count). The van der Waals surface area contributed by atoms with Crippen molar-refractivity contribution in [3.63, 3.8) is 0 Å². The van der Waals surface area contributed by atoms with Crippen LogP contribution >= 0.6 is 21.6 Å². The Morgan fingerprint density at radius 3 is 3.12 bits per heavy atom. The van der Waals surface area contributed by atoms with Gasteiger partial charge in [0.05, 0.1) is 6.26 Å². The number of carbonyl (C=O) groups is 1. The van der Waals surface area contributed by atoms with Crippen LogP contribution in [0, 0.1) is 0 Å². The van der Waals surface area contributed by atoms with E-state index in [-0.39, 0.29) is 5.91 Å². The average molecular weight is 256 g/mol. The topological polar surface area (TPSA) is 62.2 Å². The molecule has 0 spiro atoms. The molecule has 1 aromatic rings. The fraction of sp³-hybridized carbons (Fsp3) is 0.200. The predicted octanol–water partition coefficient (Wildman–Crippen LogP) is 2.36. The monoisotopic (exact) mass is 256 g/mol. The van der Waals surface area contributed by atoms with E-state index >= 15 is 0 Å². The lowest BCUT2D eigenvalue weighted by molar-refractivity contribution is -0.119. The van der Waals surface area contributed by atoms with Gasteiger partial charge < -0.3 is 10.4 Å². The fourth-order valence-corrected chi connectivity index (χ4v) is 2.70. The van der Waals surface area contributed by atoms with Crippen molar-refractivity contribution >= 4 is 27.5 Å². The Morgan fingerprint density at radius 2 is 2.44 bits per heavy atom. The third kappa shape index (κ3) is 5.67. The summed E-state index contributed by atoms with van der Waals surface area (Å²) in [6.07, 6.45) is 4.16. The fourth-order valence-electron chi connectivity index (χ4n) is 0.835. The Balaban J connectivity index is 2.10. The minimum Gasteiger partial charge on any atom is -0.514 e. The molecule has 0 aromatic carbocycles. The van der Waals surface area contributed by atoms with Crippen LogP contribution in [0.4, 0.5) is 0 Å². The van der Waals surface area contributed by atoms with Gasteiger partial charge in [-0.05, 0) is 22.9 Å². The van der Waals surface area contributed by atoms with Crippen LogP contribution in [0.1, 0.15) is 6.42 Å². The molecule has 0 radical (unpaired) electrons. The van der Waals surface area contributed by atoms with Gasteiger partial charge in [-0.2, -0.15) is 0 Å². The molecule has 4 nitrogen and oxygen atoms in total. The highest BCUT2D eigenvalue weighted by atomic mass is 33.1. The number of aromatic nitrogens is 1. The quantitative estimate of drug-likeness (QED) is 0.465. The second kappa shape index (κ2) is 8.06. The van der Waals surface area contributed by atoms with Crippen molar-refractivity contribution in [1.82, 2.24) is 10.3 Å². The number of carbonyl (C=O) groups excluding carboxylic acids is 1. The van der Waals surface area contributed by atoms with Crippen LogP contribution in [-0.4, -0.2) is 21.8 Å². The summed E-state index contributed by atoms with van der Waals surface area (Å²) in [4.78, 5) is 15.2. The van der Waals surface area contributed by atoms with Crippen molar-refractivity contribution in [3.8, 4) is 0 Å². The summed E-state index contributed by atoms with van der Waals surface area (Å²) >= 11 is 0. The number of aliphatic hydroxyl groups excluding tert-OH is 1. The first-order valence-electron chi connectivity index (χ1n) is 4.62. The third-order valence-corrected chi connectivity index (χ3v) is 3.78. The first-order valence-corrected chi connectivity index (χ1v) is 6.94. The molecule has 0 unspecified atom stereocenters. The highest BCUT2D eigenvalue weighted by Crippen LogP contribution is 2.29. The number of hydrogen-bond acceptors (Lipinski definition) is 5. The Hall–Kier alpha value is -1.14. The summed E-state index contributed by atoms with van der Waals surface area (Å²) in [6.45, 7) is 0. The van der Waals surface area contributed by atoms with E-state index in [2.05, 4.69) is 10.3 Å². The van der Waals surface area contributed by atoms with Gasteiger partial charge in [0.25, 0.3) is 0 Å². The van der Waals surface area contributed by atoms with E-state index < -0.39 is 0 Å². The lowest BCUT2D eigenvalue weighted by atomic mass is 10.4. The molecule has 0 atom stereocenters. The van der Waals surface area contributed by atoms with Crippen molar-refractivity contribution < 1.29 is 9.90 Å². The molecule has 1 amide bonds. The summed E-state index contributed by atoms with van der Waals surface area (Å²) in [6, 6.07) is 5.71. The van der Waals surface area contributed by atoms with Gasteiger partial charge in [-0.15, -0.1) is 0 Å². The van der Waals surface area contributed by atoms with Crippen LogP contribution in [0.15, 0.2) is 41.9 Å². The number of nitrogens with one attached hydrogen (secondary N) is 1. The van der Waals surface area contributed by atoms with Gasteiger partial charge in [-0.25, -0.2) is 4.98 Å². The Kier molecular flexibility index (Phi) is 6.52. The second-order valence-electron chi connectivity index (χ2n) is 2.71. The van der Waals surface area contributed by atoms with Gasteiger partial charge in [0, 0.05) is 24.6 Å². The molecule has 86 valence electrons. The zero-order chi connectivity index (χ0) is 11.6. The number of nitrogens with zero attached hydrogens (tertiary/aromatic N) is 1. The van der Waals surface area contributed by atoms with Crippen molar-refractivity contribution in [2.24, 2.45) is 0 Å². The molecule has 1 heterocycles. The van der Waals surface area contributed by atoms with Crippen molar-refractivity contribution in [2.75, 3.05) is 5.75 Å². The Labute approximate surface area is 102 Å². The number of amides is 1. The second-order valence-corrected chi connectivity index (χ2v) is 5.14. The molecule has 16 heavy (non-hydrogen) atoms. The molecular weight excluding hydrogens is 244 g/mol. The van der Waals surface area contributed by atoms with Gasteiger partial charge in [0.1, 0.15) is 5.03 Å². The summed E-state index contributed by atoms with van der Waals surface area (Å²) in [5.41, 5.74) is 0. The lowest BCUT2D eigenvalue weighted by Gasteiger charge is -2.00. The highest BCUT2D eigenvalue weighted by Gasteiger charge is 2.00. The molecular formula is C10H12N2O2S2. The Morgan fingerprint density at radius 1 is 1.56 bits per heavy atom. The van der Waals surface area contributed by atoms with E-state index in [1.165, 1.54) is 6.20 Å². The van der Waals surface area contributed by atoms with Crippen LogP contribution in [0.5, 0.6) is 0 Å². The van der Waals surface area contributed by atoms with Crippen LogP contribution in [-0.2, 0) is 4.79 Å². The first-order chi connectivity index (χ1) is 7.83. The van der Waals surface area contributed by atoms with E-state index in [4.69, 9.17) is 5.11 Å². The van der Waals surface area contributed by atoms with Gasteiger partial charge in [0.15, 0.2) is 0 Å². The smallest absolute Gasteiger partial charge is 0.224 e. The SMILES string of the molecule is O=C(CCSSc1ccccn1)N/C=C/O. The van der Waals surface area contributed by atoms with Crippen molar-refractivity contribution in [3.05, 3.63) is 36.9 Å². The molecule has 0 bridgehead atoms. The zero-order valence-corrected chi connectivity index (χ0v) is 10.1. The summed E-state index contributed by atoms with van der Waals surface area (Å²) in [7, 11) is 3.12. The van der Waals surface area contributed by atoms with Gasteiger partial charge in [0.2, 0.25) is 5.91 Å². The van der Waals surface area contributed by atoms with Crippen molar-refractivity contribution in [1.29, 1.82) is 0 Å². The minimum absolute atomic E-state index is 0.112. The standard InChI is InChI=1S/C10H12N2O2S2/c13-7-6-11-9(14)4-8-15-16-10-3-1-2-5-12-10/h1-3,5-7,13H,4,8H2,(H,11,14)/b7-6+. The van der Waals surface area contributed by atoms with E-state index in [0.29, 0.717) is 12.2 Å². The molecule has 0 saturated carbocycles. The van der Waals surface area contributed by atoms with E-state index in [0.717, 1.165) is 11.3 Å². The lowest BCUT2D eigenvalue weighted by Crippen LogP contribution is -2.16. The molecule has 6 heteroatoms. The molecule has 0 saturated heterocycles. The zero-order valence-electron chi connectivity index (χ0n) is 8.50. The van der Waals surface area contributed by atoms with Gasteiger partial charge in [-0.3, -0.25) is 4.79 Å². The largest absolute Gasteiger partial charge is 0.514 e. The normalized spacial score (nSPS) is 10.5. The van der Waals surface area contributed by atoms with E-state index in [9.17, 15) is 4.79 Å². The van der Waals surface area contributed by atoms with Crippen LogP contribution in [0.3, 0.4) is 0 Å². The van der Waals surface area contributed by atoms with Crippen LogP contribution in [0.2, 0.25) is 0 Å². The number of hydrogen-bond donors (Lipinski definition) is 2. The van der Waals surface area contributed by atoms with Crippen molar-refractivity contribution in [2.45, 2.75) is 11.4 Å². The summed E-state index contributed by atoms with van der Waals surface area (Å²) in [5, 5.41) is 11.7. The van der Waals surface area contributed by atoms with Gasteiger partial charge >= 0.3 is 0 Å². The van der Waals surface area contributed by atoms with Crippen LogP contribution < -0.4 is 5.32 Å². The van der Waals surface area contributed by atoms with E-state index in [1.54, 1.807) is 27.8 Å². The molecule has 0 aliphatic rings. The summed E-state index contributed by atoms with van der Waals surface area (Å²) in [5.74, 6) is 0.589. The minimum atomic E-state index is -0.112.